The van der Waals surface area contributed by atoms with Crippen molar-refractivity contribution in [3.05, 3.63) is 24.3 Å². The number of carbonyl (C=O) groups is 1. The molecule has 0 heterocycles. The van der Waals surface area contributed by atoms with Crippen molar-refractivity contribution in [3.63, 3.8) is 0 Å². The van der Waals surface area contributed by atoms with Gasteiger partial charge in [0, 0.05) is 25.8 Å². The number of nitrogens with one attached hydrogen (secondary N) is 1. The molecule has 2 rings (SSSR count). The van der Waals surface area contributed by atoms with Crippen molar-refractivity contribution in [2.24, 2.45) is 5.92 Å². The van der Waals surface area contributed by atoms with Crippen LogP contribution in [0.15, 0.2) is 29.2 Å². The molecule has 7 heteroatoms. The van der Waals surface area contributed by atoms with Crippen LogP contribution in [-0.2, 0) is 14.8 Å². The Hall–Kier alpha value is -1.44. The summed E-state index contributed by atoms with van der Waals surface area (Å²) in [6.45, 7) is 2.58. The van der Waals surface area contributed by atoms with E-state index in [1.807, 2.05) is 7.05 Å². The van der Waals surface area contributed by atoms with Crippen molar-refractivity contribution in [1.29, 1.82) is 0 Å². The lowest BCUT2D eigenvalue weighted by atomic mass is 9.87. The third kappa shape index (κ3) is 5.26. The second-order valence-corrected chi connectivity index (χ2v) is 9.34. The number of rotatable bonds is 6. The molecule has 1 fully saturated rings. The molecule has 0 aromatic heterocycles. The van der Waals surface area contributed by atoms with Crippen molar-refractivity contribution in [1.82, 2.24) is 9.21 Å². The predicted octanol–water partition coefficient (Wildman–Crippen LogP) is 2.39. The molecule has 25 heavy (non-hydrogen) atoms. The Bertz CT molecular complexity index is 695. The smallest absolute Gasteiger partial charge is 0.242 e. The molecule has 140 valence electrons. The van der Waals surface area contributed by atoms with E-state index in [-0.39, 0.29) is 10.8 Å². The van der Waals surface area contributed by atoms with Crippen LogP contribution < -0.4 is 5.32 Å². The number of likely N-dealkylation sites (N-methyl/N-ethyl adjacent to an activating group) is 1. The van der Waals surface area contributed by atoms with E-state index in [0.29, 0.717) is 18.3 Å². The number of hydrogen-bond donors (Lipinski definition) is 1. The Kier molecular flexibility index (Phi) is 6.59. The third-order valence-electron chi connectivity index (χ3n) is 4.90. The van der Waals surface area contributed by atoms with Crippen LogP contribution in [0.25, 0.3) is 0 Å². The van der Waals surface area contributed by atoms with E-state index in [4.69, 9.17) is 0 Å². The van der Waals surface area contributed by atoms with E-state index >= 15 is 0 Å². The highest BCUT2D eigenvalue weighted by Gasteiger charge is 2.23. The van der Waals surface area contributed by atoms with Crippen LogP contribution in [0.3, 0.4) is 0 Å². The molecule has 0 saturated heterocycles. The predicted molar refractivity (Wildman–Crippen MR) is 100.0 cm³/mol. The van der Waals surface area contributed by atoms with Gasteiger partial charge in [-0.2, -0.15) is 0 Å². The lowest BCUT2D eigenvalue weighted by molar-refractivity contribution is -0.117. The maximum atomic E-state index is 12.3. The van der Waals surface area contributed by atoms with Crippen molar-refractivity contribution in [2.75, 3.05) is 33.0 Å². The Morgan fingerprint density at radius 2 is 1.80 bits per heavy atom. The van der Waals surface area contributed by atoms with Crippen LogP contribution in [-0.4, -0.2) is 57.3 Å². The number of carbonyl (C=O) groups excluding carboxylic acids is 1. The first-order chi connectivity index (χ1) is 11.7. The summed E-state index contributed by atoms with van der Waals surface area (Å²) in [5.74, 6) is 0.653. The summed E-state index contributed by atoms with van der Waals surface area (Å²) in [5.41, 5.74) is 0.499. The van der Waals surface area contributed by atoms with Crippen LogP contribution in [0.2, 0.25) is 0 Å². The summed E-state index contributed by atoms with van der Waals surface area (Å²) >= 11 is 0. The SMILES string of the molecule is CC1CCC(N(C)CC(=O)Nc2cccc(S(=O)(=O)N(C)C)c2)CC1. The molecule has 1 aromatic carbocycles. The zero-order chi connectivity index (χ0) is 18.6. The molecule has 6 nitrogen and oxygen atoms in total. The minimum atomic E-state index is -3.51. The average Bonchev–Trinajstić information content (AvgIpc) is 2.55. The van der Waals surface area contributed by atoms with Gasteiger partial charge in [0.1, 0.15) is 0 Å². The first-order valence-corrected chi connectivity index (χ1v) is 10.2. The van der Waals surface area contributed by atoms with Gasteiger partial charge in [0.25, 0.3) is 0 Å². The van der Waals surface area contributed by atoms with E-state index in [1.54, 1.807) is 12.1 Å². The molecule has 0 aliphatic heterocycles. The van der Waals surface area contributed by atoms with Crippen LogP contribution >= 0.6 is 0 Å². The highest BCUT2D eigenvalue weighted by Crippen LogP contribution is 2.26. The van der Waals surface area contributed by atoms with E-state index in [0.717, 1.165) is 23.1 Å². The van der Waals surface area contributed by atoms with E-state index < -0.39 is 10.0 Å². The van der Waals surface area contributed by atoms with E-state index in [9.17, 15) is 13.2 Å². The summed E-state index contributed by atoms with van der Waals surface area (Å²) < 4.78 is 25.5. The average molecular weight is 368 g/mol. The molecule has 0 spiro atoms. The number of benzene rings is 1. The lowest BCUT2D eigenvalue weighted by Gasteiger charge is -2.33. The second kappa shape index (κ2) is 8.29. The molecule has 1 aliphatic rings. The van der Waals surface area contributed by atoms with Gasteiger partial charge in [-0.05, 0) is 56.8 Å². The van der Waals surface area contributed by atoms with Crippen LogP contribution in [0.4, 0.5) is 5.69 Å². The normalized spacial score (nSPS) is 21.5. The molecule has 1 amide bonds. The first-order valence-electron chi connectivity index (χ1n) is 8.73. The second-order valence-electron chi connectivity index (χ2n) is 7.19. The number of nitrogens with zero attached hydrogens (tertiary/aromatic N) is 2. The fraction of sp³-hybridized carbons (Fsp3) is 0.611. The quantitative estimate of drug-likeness (QED) is 0.838. The van der Waals surface area contributed by atoms with Crippen molar-refractivity contribution in [2.45, 2.75) is 43.5 Å². The maximum Gasteiger partial charge on any atom is 0.242 e. The maximum absolute atomic E-state index is 12.3. The molecule has 0 unspecified atom stereocenters. The van der Waals surface area contributed by atoms with E-state index in [1.165, 1.54) is 39.1 Å². The van der Waals surface area contributed by atoms with Gasteiger partial charge in [-0.15, -0.1) is 0 Å². The third-order valence-corrected chi connectivity index (χ3v) is 6.71. The van der Waals surface area contributed by atoms with Gasteiger partial charge in [-0.25, -0.2) is 12.7 Å². The summed E-state index contributed by atoms with van der Waals surface area (Å²) in [7, 11) is 1.44. The van der Waals surface area contributed by atoms with Crippen LogP contribution in [0, 0.1) is 5.92 Å². The Morgan fingerprint density at radius 1 is 1.16 bits per heavy atom. The highest BCUT2D eigenvalue weighted by atomic mass is 32.2. The molecule has 0 atom stereocenters. The largest absolute Gasteiger partial charge is 0.325 e. The van der Waals surface area contributed by atoms with E-state index in [2.05, 4.69) is 17.1 Å². The van der Waals surface area contributed by atoms with Crippen molar-refractivity contribution < 1.29 is 13.2 Å². The number of sulfonamides is 1. The summed E-state index contributed by atoms with van der Waals surface area (Å²) in [5, 5.41) is 2.81. The zero-order valence-electron chi connectivity index (χ0n) is 15.5. The molecule has 1 N–H and O–H groups in total. The van der Waals surface area contributed by atoms with Crippen LogP contribution in [0.5, 0.6) is 0 Å². The van der Waals surface area contributed by atoms with Gasteiger partial charge in [0.15, 0.2) is 0 Å². The Morgan fingerprint density at radius 3 is 2.40 bits per heavy atom. The van der Waals surface area contributed by atoms with Gasteiger partial charge >= 0.3 is 0 Å². The first kappa shape index (κ1) is 19.9. The summed E-state index contributed by atoms with van der Waals surface area (Å²) in [6.07, 6.45) is 4.67. The fourth-order valence-corrected chi connectivity index (χ4v) is 4.13. The lowest BCUT2D eigenvalue weighted by Crippen LogP contribution is -2.39. The Labute approximate surface area is 151 Å². The Balaban J connectivity index is 1.97. The fourth-order valence-electron chi connectivity index (χ4n) is 3.18. The van der Waals surface area contributed by atoms with Gasteiger partial charge in [0.05, 0.1) is 11.4 Å². The molecule has 1 aliphatic carbocycles. The molecule has 1 aromatic rings. The molecular formula is C18H29N3O3S. The minimum absolute atomic E-state index is 0.125. The molecule has 1 saturated carbocycles. The number of amides is 1. The van der Waals surface area contributed by atoms with Crippen molar-refractivity contribution in [3.8, 4) is 0 Å². The monoisotopic (exact) mass is 367 g/mol. The standard InChI is InChI=1S/C18H29N3O3S/c1-14-8-10-16(11-9-14)21(4)13-18(22)19-15-6-5-7-17(12-15)25(23,24)20(2)3/h5-7,12,14,16H,8-11,13H2,1-4H3,(H,19,22). The van der Waals surface area contributed by atoms with Gasteiger partial charge in [-0.1, -0.05) is 13.0 Å². The number of hydrogen-bond acceptors (Lipinski definition) is 4. The highest BCUT2D eigenvalue weighted by molar-refractivity contribution is 7.89. The topological polar surface area (TPSA) is 69.7 Å². The number of anilines is 1. The van der Waals surface area contributed by atoms with Gasteiger partial charge in [0.2, 0.25) is 15.9 Å². The van der Waals surface area contributed by atoms with Crippen LogP contribution in [0.1, 0.15) is 32.6 Å². The minimum Gasteiger partial charge on any atom is -0.325 e. The molecule has 0 bridgehead atoms. The summed E-state index contributed by atoms with van der Waals surface area (Å²) in [6, 6.07) is 6.81. The van der Waals surface area contributed by atoms with Gasteiger partial charge in [-0.3, -0.25) is 9.69 Å². The van der Waals surface area contributed by atoms with Crippen molar-refractivity contribution >= 4 is 21.6 Å². The summed E-state index contributed by atoms with van der Waals surface area (Å²) in [4.78, 5) is 14.6. The van der Waals surface area contributed by atoms with Gasteiger partial charge < -0.3 is 5.32 Å². The zero-order valence-corrected chi connectivity index (χ0v) is 16.3. The molecular weight excluding hydrogens is 338 g/mol. The molecule has 0 radical (unpaired) electrons.